The van der Waals surface area contributed by atoms with Crippen molar-refractivity contribution in [2.45, 2.75) is 19.8 Å². The Labute approximate surface area is 116 Å². The van der Waals surface area contributed by atoms with Crippen molar-refractivity contribution in [1.29, 1.82) is 0 Å². The van der Waals surface area contributed by atoms with Gasteiger partial charge in [-0.05, 0) is 31.8 Å². The Kier molecular flexibility index (Phi) is 5.19. The van der Waals surface area contributed by atoms with Crippen molar-refractivity contribution in [3.8, 4) is 0 Å². The van der Waals surface area contributed by atoms with E-state index in [-0.39, 0.29) is 0 Å². The minimum Gasteiger partial charge on any atom is -0.330 e. The quantitative estimate of drug-likeness (QED) is 0.760. The van der Waals surface area contributed by atoms with E-state index in [4.69, 9.17) is 5.73 Å². The average molecular weight is 290 g/mol. The van der Waals surface area contributed by atoms with Crippen molar-refractivity contribution < 1.29 is 8.42 Å². The first-order chi connectivity index (χ1) is 9.07. The van der Waals surface area contributed by atoms with Gasteiger partial charge in [0.2, 0.25) is 0 Å². The van der Waals surface area contributed by atoms with Gasteiger partial charge in [0.1, 0.15) is 0 Å². The fourth-order valence-corrected chi connectivity index (χ4v) is 4.58. The van der Waals surface area contributed by atoms with Gasteiger partial charge < -0.3 is 10.6 Å². The van der Waals surface area contributed by atoms with Crippen LogP contribution in [0, 0.1) is 5.92 Å². The first kappa shape index (κ1) is 15.2. The molecular formula is C12H26N4O2S. The molecule has 0 aromatic heterocycles. The van der Waals surface area contributed by atoms with E-state index in [9.17, 15) is 8.42 Å². The molecular weight excluding hydrogens is 264 g/mol. The van der Waals surface area contributed by atoms with Gasteiger partial charge in [-0.3, -0.25) is 0 Å². The summed E-state index contributed by atoms with van der Waals surface area (Å²) >= 11 is 0. The van der Waals surface area contributed by atoms with Gasteiger partial charge in [0.05, 0.1) is 0 Å². The van der Waals surface area contributed by atoms with Gasteiger partial charge in [-0.15, -0.1) is 0 Å². The molecule has 0 bridgehead atoms. The van der Waals surface area contributed by atoms with Crippen LogP contribution in [0.3, 0.4) is 0 Å². The zero-order valence-corrected chi connectivity index (χ0v) is 12.6. The van der Waals surface area contributed by atoms with E-state index in [0.29, 0.717) is 38.6 Å². The maximum Gasteiger partial charge on any atom is 0.282 e. The number of rotatable bonds is 4. The zero-order chi connectivity index (χ0) is 13.9. The van der Waals surface area contributed by atoms with Gasteiger partial charge in [-0.25, -0.2) is 0 Å². The van der Waals surface area contributed by atoms with Crippen molar-refractivity contribution in [2.75, 3.05) is 52.4 Å². The van der Waals surface area contributed by atoms with Gasteiger partial charge in [-0.1, -0.05) is 6.92 Å². The summed E-state index contributed by atoms with van der Waals surface area (Å²) in [6.45, 7) is 7.82. The third-order valence-corrected chi connectivity index (χ3v) is 6.25. The SMILES string of the molecule is CCN1CCN(S(=O)(=O)N2CCCC(CN)C2)CC1. The lowest BCUT2D eigenvalue weighted by atomic mass is 10.0. The van der Waals surface area contributed by atoms with Crippen LogP contribution in [0.4, 0.5) is 0 Å². The van der Waals surface area contributed by atoms with Crippen LogP contribution in [0.15, 0.2) is 0 Å². The minimum atomic E-state index is -3.28. The molecule has 0 aromatic rings. The molecule has 2 aliphatic heterocycles. The van der Waals surface area contributed by atoms with E-state index in [2.05, 4.69) is 11.8 Å². The topological polar surface area (TPSA) is 69.9 Å². The molecule has 2 fully saturated rings. The Hall–Kier alpha value is -0.210. The number of piperidine rings is 1. The van der Waals surface area contributed by atoms with E-state index < -0.39 is 10.2 Å². The van der Waals surface area contributed by atoms with Crippen LogP contribution < -0.4 is 5.73 Å². The lowest BCUT2D eigenvalue weighted by Gasteiger charge is -2.38. The van der Waals surface area contributed by atoms with Gasteiger partial charge in [0, 0.05) is 39.3 Å². The monoisotopic (exact) mass is 290 g/mol. The van der Waals surface area contributed by atoms with E-state index in [1.165, 1.54) is 0 Å². The van der Waals surface area contributed by atoms with Crippen molar-refractivity contribution in [2.24, 2.45) is 11.7 Å². The van der Waals surface area contributed by atoms with Crippen LogP contribution in [0.25, 0.3) is 0 Å². The summed E-state index contributed by atoms with van der Waals surface area (Å²) in [6.07, 6.45) is 1.97. The predicted octanol–water partition coefficient (Wildman–Crippen LogP) is -0.461. The van der Waals surface area contributed by atoms with Crippen LogP contribution >= 0.6 is 0 Å². The Morgan fingerprint density at radius 2 is 1.79 bits per heavy atom. The van der Waals surface area contributed by atoms with Crippen LogP contribution in [0.2, 0.25) is 0 Å². The fraction of sp³-hybridized carbons (Fsp3) is 1.00. The lowest BCUT2D eigenvalue weighted by Crippen LogP contribution is -2.54. The molecule has 112 valence electrons. The number of likely N-dealkylation sites (N-methyl/N-ethyl adjacent to an activating group) is 1. The number of nitrogens with zero attached hydrogens (tertiary/aromatic N) is 3. The summed E-state index contributed by atoms with van der Waals surface area (Å²) in [6, 6.07) is 0. The molecule has 0 amide bonds. The van der Waals surface area contributed by atoms with E-state index in [1.54, 1.807) is 8.61 Å². The highest BCUT2D eigenvalue weighted by Gasteiger charge is 2.34. The summed E-state index contributed by atoms with van der Waals surface area (Å²) < 4.78 is 28.5. The molecule has 2 heterocycles. The van der Waals surface area contributed by atoms with Crippen LogP contribution in [-0.2, 0) is 10.2 Å². The third-order valence-electron chi connectivity index (χ3n) is 4.25. The Bertz CT molecular complexity index is 379. The molecule has 2 aliphatic rings. The minimum absolute atomic E-state index is 0.320. The average Bonchev–Trinajstić information content (AvgIpc) is 2.47. The number of nitrogens with two attached hydrogens (primary N) is 1. The molecule has 19 heavy (non-hydrogen) atoms. The smallest absolute Gasteiger partial charge is 0.282 e. The second-order valence-electron chi connectivity index (χ2n) is 5.44. The molecule has 2 rings (SSSR count). The van der Waals surface area contributed by atoms with Crippen LogP contribution in [0.1, 0.15) is 19.8 Å². The molecule has 1 atom stereocenters. The second kappa shape index (κ2) is 6.49. The maximum atomic E-state index is 12.6. The van der Waals surface area contributed by atoms with Gasteiger partial charge in [0.25, 0.3) is 10.2 Å². The van der Waals surface area contributed by atoms with Gasteiger partial charge in [0.15, 0.2) is 0 Å². The molecule has 7 heteroatoms. The van der Waals surface area contributed by atoms with Crippen molar-refractivity contribution in [1.82, 2.24) is 13.5 Å². The second-order valence-corrected chi connectivity index (χ2v) is 7.37. The van der Waals surface area contributed by atoms with Gasteiger partial charge >= 0.3 is 0 Å². The van der Waals surface area contributed by atoms with Crippen molar-refractivity contribution in [3.05, 3.63) is 0 Å². The number of hydrogen-bond donors (Lipinski definition) is 1. The summed E-state index contributed by atoms with van der Waals surface area (Å²) in [4.78, 5) is 2.28. The molecule has 0 radical (unpaired) electrons. The normalized spacial score (nSPS) is 28.6. The molecule has 0 aromatic carbocycles. The van der Waals surface area contributed by atoms with E-state index in [0.717, 1.165) is 32.5 Å². The zero-order valence-electron chi connectivity index (χ0n) is 11.8. The summed E-state index contributed by atoms with van der Waals surface area (Å²) in [5, 5.41) is 0. The fourth-order valence-electron chi connectivity index (χ4n) is 2.87. The first-order valence-electron chi connectivity index (χ1n) is 7.25. The lowest BCUT2D eigenvalue weighted by molar-refractivity contribution is 0.180. The van der Waals surface area contributed by atoms with Crippen molar-refractivity contribution >= 4 is 10.2 Å². The Morgan fingerprint density at radius 1 is 1.11 bits per heavy atom. The van der Waals surface area contributed by atoms with Crippen molar-refractivity contribution in [3.63, 3.8) is 0 Å². The number of hydrogen-bond acceptors (Lipinski definition) is 4. The third kappa shape index (κ3) is 3.46. The molecule has 2 saturated heterocycles. The summed E-state index contributed by atoms with van der Waals surface area (Å²) in [5.74, 6) is 0.320. The van der Waals surface area contributed by atoms with E-state index in [1.807, 2.05) is 0 Å². The number of piperazine rings is 1. The highest BCUT2D eigenvalue weighted by molar-refractivity contribution is 7.86. The molecule has 2 N–H and O–H groups in total. The maximum absolute atomic E-state index is 12.6. The van der Waals surface area contributed by atoms with Gasteiger partial charge in [-0.2, -0.15) is 17.0 Å². The Balaban J connectivity index is 1.98. The molecule has 0 saturated carbocycles. The summed E-state index contributed by atoms with van der Waals surface area (Å²) in [7, 11) is -3.28. The largest absolute Gasteiger partial charge is 0.330 e. The van der Waals surface area contributed by atoms with Crippen LogP contribution in [0.5, 0.6) is 0 Å². The first-order valence-corrected chi connectivity index (χ1v) is 8.65. The molecule has 6 nitrogen and oxygen atoms in total. The predicted molar refractivity (Wildman–Crippen MR) is 76.0 cm³/mol. The molecule has 0 aliphatic carbocycles. The molecule has 0 spiro atoms. The standard InChI is InChI=1S/C12H26N4O2S/c1-2-14-6-8-15(9-7-14)19(17,18)16-5-3-4-12(10-13)11-16/h12H,2-11,13H2,1H3. The summed E-state index contributed by atoms with van der Waals surface area (Å²) in [5.41, 5.74) is 5.68. The van der Waals surface area contributed by atoms with Crippen LogP contribution in [-0.4, -0.2) is 74.3 Å². The Morgan fingerprint density at radius 3 is 2.37 bits per heavy atom. The molecule has 1 unspecified atom stereocenters. The van der Waals surface area contributed by atoms with E-state index >= 15 is 0 Å². The highest BCUT2D eigenvalue weighted by atomic mass is 32.2. The highest BCUT2D eigenvalue weighted by Crippen LogP contribution is 2.21.